The summed E-state index contributed by atoms with van der Waals surface area (Å²) < 4.78 is 0. The van der Waals surface area contributed by atoms with E-state index in [1.807, 2.05) is 0 Å². The number of aliphatic carboxylic acids is 1. The number of carboxylic acid groups (broad SMARTS) is 1. The van der Waals surface area contributed by atoms with E-state index in [0.29, 0.717) is 22.7 Å². The quantitative estimate of drug-likeness (QED) is 0.758. The van der Waals surface area contributed by atoms with Crippen molar-refractivity contribution in [1.82, 2.24) is 5.32 Å². The van der Waals surface area contributed by atoms with Gasteiger partial charge in [0.2, 0.25) is 5.91 Å². The molecule has 102 valence electrons. The average Bonchev–Trinajstić information content (AvgIpc) is 3.00. The molecule has 1 fully saturated rings. The Balaban J connectivity index is 1.91. The van der Waals surface area contributed by atoms with Crippen LogP contribution in [-0.4, -0.2) is 29.4 Å². The number of amides is 2. The Labute approximate surface area is 113 Å². The van der Waals surface area contributed by atoms with Crippen molar-refractivity contribution in [1.29, 1.82) is 0 Å². The predicted molar refractivity (Wildman–Crippen MR) is 70.3 cm³/mol. The molecule has 0 saturated heterocycles. The fourth-order valence-corrected chi connectivity index (χ4v) is 2.52. The molecular weight excluding hydrogens is 268 g/mol. The van der Waals surface area contributed by atoms with Crippen molar-refractivity contribution in [3.05, 3.63) is 17.0 Å². The third kappa shape index (κ3) is 3.11. The van der Waals surface area contributed by atoms with Gasteiger partial charge >= 0.3 is 5.97 Å². The zero-order valence-corrected chi connectivity index (χ0v) is 11.2. The molecule has 6 nitrogen and oxygen atoms in total. The highest BCUT2D eigenvalue weighted by Gasteiger charge is 2.50. The molecule has 2 rings (SSSR count). The van der Waals surface area contributed by atoms with Crippen molar-refractivity contribution in [2.45, 2.75) is 19.8 Å². The molecule has 1 saturated carbocycles. The highest BCUT2D eigenvalue weighted by molar-refractivity contribution is 7.18. The number of carboxylic acids is 1. The molecule has 0 atom stereocenters. The van der Waals surface area contributed by atoms with Gasteiger partial charge in [-0.1, -0.05) is 0 Å². The maximum absolute atomic E-state index is 11.8. The first-order chi connectivity index (χ1) is 8.93. The van der Waals surface area contributed by atoms with Crippen LogP contribution in [0.5, 0.6) is 0 Å². The molecule has 0 bridgehead atoms. The zero-order chi connectivity index (χ0) is 14.0. The normalized spacial score (nSPS) is 15.6. The third-order valence-corrected chi connectivity index (χ3v) is 4.02. The molecule has 0 aliphatic heterocycles. The lowest BCUT2D eigenvalue weighted by Crippen LogP contribution is -2.33. The summed E-state index contributed by atoms with van der Waals surface area (Å²) in [5.74, 6) is -1.37. The number of anilines is 1. The number of carbonyl (C=O) groups excluding carboxylic acids is 2. The number of rotatable bonds is 5. The highest BCUT2D eigenvalue weighted by Crippen LogP contribution is 2.45. The minimum absolute atomic E-state index is 0.147. The molecule has 2 amide bonds. The van der Waals surface area contributed by atoms with Crippen molar-refractivity contribution < 1.29 is 19.5 Å². The lowest BCUT2D eigenvalue weighted by atomic mass is 10.1. The minimum atomic E-state index is -0.863. The summed E-state index contributed by atoms with van der Waals surface area (Å²) in [6, 6.07) is 3.25. The van der Waals surface area contributed by atoms with Gasteiger partial charge < -0.3 is 15.7 Å². The van der Waals surface area contributed by atoms with Crippen LogP contribution < -0.4 is 10.6 Å². The highest BCUT2D eigenvalue weighted by atomic mass is 32.1. The van der Waals surface area contributed by atoms with Crippen LogP contribution in [0.15, 0.2) is 12.1 Å². The zero-order valence-electron chi connectivity index (χ0n) is 10.4. The molecule has 1 aromatic rings. The summed E-state index contributed by atoms with van der Waals surface area (Å²) in [6.07, 6.45) is 1.20. The van der Waals surface area contributed by atoms with Crippen LogP contribution in [0.25, 0.3) is 0 Å². The maximum Gasteiger partial charge on any atom is 0.311 e. The molecule has 0 radical (unpaired) electrons. The minimum Gasteiger partial charge on any atom is -0.481 e. The summed E-state index contributed by atoms with van der Waals surface area (Å²) >= 11 is 1.16. The van der Waals surface area contributed by atoms with Gasteiger partial charge in [0.15, 0.2) is 0 Å². The largest absolute Gasteiger partial charge is 0.481 e. The predicted octanol–water partition coefficient (Wildman–Crippen LogP) is 1.30. The fourth-order valence-electron chi connectivity index (χ4n) is 1.65. The third-order valence-electron chi connectivity index (χ3n) is 3.02. The monoisotopic (exact) mass is 282 g/mol. The van der Waals surface area contributed by atoms with Gasteiger partial charge in [0.05, 0.1) is 15.3 Å². The van der Waals surface area contributed by atoms with Crippen molar-refractivity contribution in [3.63, 3.8) is 0 Å². The first kappa shape index (κ1) is 13.5. The van der Waals surface area contributed by atoms with E-state index < -0.39 is 11.4 Å². The summed E-state index contributed by atoms with van der Waals surface area (Å²) in [6.45, 7) is 1.54. The lowest BCUT2D eigenvalue weighted by molar-refractivity contribution is -0.143. The molecule has 0 aromatic carbocycles. The van der Waals surface area contributed by atoms with Gasteiger partial charge in [0.25, 0.3) is 5.91 Å². The van der Waals surface area contributed by atoms with Gasteiger partial charge in [-0.3, -0.25) is 14.4 Å². The Hall–Kier alpha value is -1.89. The summed E-state index contributed by atoms with van der Waals surface area (Å²) in [5.41, 5.74) is -0.770. The number of hydrogen-bond donors (Lipinski definition) is 3. The number of thiophene rings is 1. The van der Waals surface area contributed by atoms with Crippen LogP contribution in [0.4, 0.5) is 5.00 Å². The van der Waals surface area contributed by atoms with Crippen LogP contribution in [-0.2, 0) is 9.59 Å². The number of carbonyl (C=O) groups is 3. The van der Waals surface area contributed by atoms with Crippen LogP contribution in [0.1, 0.15) is 29.4 Å². The summed E-state index contributed by atoms with van der Waals surface area (Å²) in [7, 11) is 0. The van der Waals surface area contributed by atoms with Crippen LogP contribution in [0.2, 0.25) is 0 Å². The number of hydrogen-bond acceptors (Lipinski definition) is 4. The molecule has 0 spiro atoms. The lowest BCUT2D eigenvalue weighted by Gasteiger charge is -2.10. The molecule has 3 N–H and O–H groups in total. The summed E-state index contributed by atoms with van der Waals surface area (Å²) in [4.78, 5) is 34.1. The Morgan fingerprint density at radius 2 is 2.05 bits per heavy atom. The van der Waals surface area contributed by atoms with Crippen molar-refractivity contribution in [2.75, 3.05) is 11.9 Å². The second kappa shape index (κ2) is 5.00. The average molecular weight is 282 g/mol. The van der Waals surface area contributed by atoms with Gasteiger partial charge in [-0.2, -0.15) is 0 Å². The molecule has 0 unspecified atom stereocenters. The SMILES string of the molecule is CC(=O)Nc1ccc(C(=O)NCC2(C(=O)O)CC2)s1. The Kier molecular flexibility index (Phi) is 3.57. The van der Waals surface area contributed by atoms with Gasteiger partial charge in [-0.25, -0.2) is 0 Å². The van der Waals surface area contributed by atoms with Crippen LogP contribution in [0, 0.1) is 5.41 Å². The molecular formula is C12H14N2O4S. The summed E-state index contributed by atoms with van der Waals surface area (Å²) in [5, 5.41) is 14.8. The van der Waals surface area contributed by atoms with Gasteiger partial charge in [0, 0.05) is 13.5 Å². The maximum atomic E-state index is 11.8. The first-order valence-corrected chi connectivity index (χ1v) is 6.64. The van der Waals surface area contributed by atoms with E-state index in [-0.39, 0.29) is 18.4 Å². The number of nitrogens with one attached hydrogen (secondary N) is 2. The Bertz CT molecular complexity index is 534. The van der Waals surface area contributed by atoms with E-state index in [2.05, 4.69) is 10.6 Å². The van der Waals surface area contributed by atoms with Crippen molar-refractivity contribution in [2.24, 2.45) is 5.41 Å². The second-order valence-corrected chi connectivity index (χ2v) is 5.70. The van der Waals surface area contributed by atoms with Gasteiger partial charge in [0.1, 0.15) is 0 Å². The molecule has 1 aliphatic rings. The molecule has 1 aliphatic carbocycles. The second-order valence-electron chi connectivity index (χ2n) is 4.61. The topological polar surface area (TPSA) is 95.5 Å². The molecule has 19 heavy (non-hydrogen) atoms. The van der Waals surface area contributed by atoms with E-state index >= 15 is 0 Å². The standard InChI is InChI=1S/C12H14N2O4S/c1-7(15)14-9-3-2-8(19-9)10(16)13-6-12(4-5-12)11(17)18/h2-3H,4-6H2,1H3,(H,13,16)(H,14,15)(H,17,18). The fraction of sp³-hybridized carbons (Fsp3) is 0.417. The van der Waals surface area contributed by atoms with E-state index in [4.69, 9.17) is 5.11 Å². The van der Waals surface area contributed by atoms with Gasteiger partial charge in [-0.05, 0) is 25.0 Å². The van der Waals surface area contributed by atoms with Gasteiger partial charge in [-0.15, -0.1) is 11.3 Å². The molecule has 1 aromatic heterocycles. The van der Waals surface area contributed by atoms with Crippen LogP contribution >= 0.6 is 11.3 Å². The van der Waals surface area contributed by atoms with Crippen molar-refractivity contribution >= 4 is 34.1 Å². The Morgan fingerprint density at radius 1 is 1.37 bits per heavy atom. The van der Waals surface area contributed by atoms with E-state index in [1.165, 1.54) is 6.92 Å². The smallest absolute Gasteiger partial charge is 0.311 e. The molecule has 7 heteroatoms. The Morgan fingerprint density at radius 3 is 2.58 bits per heavy atom. The van der Waals surface area contributed by atoms with E-state index in [1.54, 1.807) is 12.1 Å². The molecule has 1 heterocycles. The van der Waals surface area contributed by atoms with Crippen molar-refractivity contribution in [3.8, 4) is 0 Å². The van der Waals surface area contributed by atoms with E-state index in [9.17, 15) is 14.4 Å². The first-order valence-electron chi connectivity index (χ1n) is 5.82. The van der Waals surface area contributed by atoms with Crippen LogP contribution in [0.3, 0.4) is 0 Å². The van der Waals surface area contributed by atoms with E-state index in [0.717, 1.165) is 11.3 Å².